The number of aromatic carboxylic acids is 1. The highest BCUT2D eigenvalue weighted by atomic mass is 32.2. The van der Waals surface area contributed by atoms with Gasteiger partial charge in [-0.3, -0.25) is 4.98 Å². The van der Waals surface area contributed by atoms with Gasteiger partial charge in [0.1, 0.15) is 11.4 Å². The third kappa shape index (κ3) is 4.48. The normalized spacial score (nSPS) is 11.9. The minimum Gasteiger partial charge on any atom is -0.491 e. The fourth-order valence-electron chi connectivity index (χ4n) is 3.77. The van der Waals surface area contributed by atoms with Crippen molar-refractivity contribution in [2.24, 2.45) is 0 Å². The molecule has 9 heteroatoms. The Kier molecular flexibility index (Phi) is 6.31. The molecule has 2 heterocycles. The highest BCUT2D eigenvalue weighted by Crippen LogP contribution is 2.38. The van der Waals surface area contributed by atoms with E-state index >= 15 is 0 Å². The Labute approximate surface area is 198 Å². The van der Waals surface area contributed by atoms with Crippen molar-refractivity contribution in [3.63, 3.8) is 0 Å². The third-order valence-corrected chi connectivity index (χ3v) is 6.00. The molecule has 2 aromatic carbocycles. The summed E-state index contributed by atoms with van der Waals surface area (Å²) in [6, 6.07) is 14.7. The molecule has 0 aliphatic carbocycles. The Bertz CT molecular complexity index is 1350. The molecule has 4 aromatic rings. The zero-order chi connectivity index (χ0) is 24.6. The Morgan fingerprint density at radius 3 is 2.32 bits per heavy atom. The number of rotatable bonds is 6. The van der Waals surface area contributed by atoms with E-state index in [0.29, 0.717) is 38.5 Å². The Morgan fingerprint density at radius 1 is 1.09 bits per heavy atom. The van der Waals surface area contributed by atoms with E-state index in [1.807, 2.05) is 13.8 Å². The van der Waals surface area contributed by atoms with Gasteiger partial charge in [-0.2, -0.15) is 13.2 Å². The summed E-state index contributed by atoms with van der Waals surface area (Å²) in [6.45, 7) is 3.84. The molecule has 34 heavy (non-hydrogen) atoms. The van der Waals surface area contributed by atoms with Crippen LogP contribution in [0.1, 0.15) is 29.9 Å². The van der Waals surface area contributed by atoms with E-state index in [2.05, 4.69) is 4.98 Å². The van der Waals surface area contributed by atoms with Crippen LogP contribution in [-0.4, -0.2) is 33.0 Å². The largest absolute Gasteiger partial charge is 0.491 e. The number of thioether (sulfide) groups is 1. The Balaban J connectivity index is 1.86. The van der Waals surface area contributed by atoms with Crippen LogP contribution in [0, 0.1) is 0 Å². The fraction of sp³-hybridized carbons (Fsp3) is 0.200. The minimum absolute atomic E-state index is 0.00756. The summed E-state index contributed by atoms with van der Waals surface area (Å²) in [6.07, 6.45) is -1.88. The molecule has 176 valence electrons. The van der Waals surface area contributed by atoms with Gasteiger partial charge in [0, 0.05) is 27.7 Å². The zero-order valence-corrected chi connectivity index (χ0v) is 19.4. The van der Waals surface area contributed by atoms with Gasteiger partial charge < -0.3 is 14.4 Å². The molecule has 0 fully saturated rings. The third-order valence-electron chi connectivity index (χ3n) is 5.18. The number of nitrogens with zero attached hydrogens (tertiary/aromatic N) is 2. The summed E-state index contributed by atoms with van der Waals surface area (Å²) >= 11 is 1.29. The van der Waals surface area contributed by atoms with E-state index in [9.17, 15) is 23.1 Å². The lowest BCUT2D eigenvalue weighted by atomic mass is 10.1. The van der Waals surface area contributed by atoms with E-state index in [4.69, 9.17) is 4.74 Å². The number of ether oxygens (including phenoxy) is 1. The van der Waals surface area contributed by atoms with E-state index in [1.54, 1.807) is 53.3 Å². The molecule has 5 nitrogen and oxygen atoms in total. The zero-order valence-electron chi connectivity index (χ0n) is 18.6. The summed E-state index contributed by atoms with van der Waals surface area (Å²) in [4.78, 5) is 16.8. The Hall–Kier alpha value is -3.46. The van der Waals surface area contributed by atoms with Crippen LogP contribution in [-0.2, 0) is 6.18 Å². The number of aromatic nitrogens is 2. The number of carbonyl (C=O) groups is 1. The molecule has 4 rings (SSSR count). The van der Waals surface area contributed by atoms with Crippen molar-refractivity contribution in [3.05, 3.63) is 72.1 Å². The van der Waals surface area contributed by atoms with Crippen molar-refractivity contribution in [2.45, 2.75) is 31.0 Å². The van der Waals surface area contributed by atoms with Crippen molar-refractivity contribution in [1.29, 1.82) is 0 Å². The predicted molar refractivity (Wildman–Crippen MR) is 126 cm³/mol. The van der Waals surface area contributed by atoms with Gasteiger partial charge in [-0.15, -0.1) is 11.8 Å². The second-order valence-corrected chi connectivity index (χ2v) is 8.66. The lowest BCUT2D eigenvalue weighted by molar-refractivity contribution is -0.137. The van der Waals surface area contributed by atoms with E-state index in [-0.39, 0.29) is 11.8 Å². The first kappa shape index (κ1) is 23.7. The van der Waals surface area contributed by atoms with Crippen molar-refractivity contribution < 1.29 is 27.8 Å². The molecule has 0 bridgehead atoms. The maximum atomic E-state index is 12.9. The molecule has 0 aliphatic rings. The molecule has 1 N–H and O–H groups in total. The summed E-state index contributed by atoms with van der Waals surface area (Å²) < 4.78 is 46.0. The average Bonchev–Trinajstić information content (AvgIpc) is 3.12. The SMILES string of the molecule is CSc1c(C(=O)O)n(-c2ccc(OC(C)C)cc2)c2ccc(-c3ccc(C(F)(F)F)cn3)cc12. The molecule has 0 radical (unpaired) electrons. The summed E-state index contributed by atoms with van der Waals surface area (Å²) in [5, 5.41) is 10.7. The quantitative estimate of drug-likeness (QED) is 0.300. The molecular weight excluding hydrogens is 465 g/mol. The summed E-state index contributed by atoms with van der Waals surface area (Å²) in [5.74, 6) is -0.412. The van der Waals surface area contributed by atoms with Crippen LogP contribution in [0.4, 0.5) is 13.2 Å². The van der Waals surface area contributed by atoms with Crippen LogP contribution in [0.3, 0.4) is 0 Å². The van der Waals surface area contributed by atoms with Crippen molar-refractivity contribution in [1.82, 2.24) is 9.55 Å². The number of hydrogen-bond acceptors (Lipinski definition) is 4. The smallest absolute Gasteiger partial charge is 0.417 e. The molecular formula is C25H21F3N2O3S. The maximum absolute atomic E-state index is 12.9. The van der Waals surface area contributed by atoms with Crippen LogP contribution >= 0.6 is 11.8 Å². The number of alkyl halides is 3. The molecule has 0 unspecified atom stereocenters. The first-order chi connectivity index (χ1) is 16.1. The first-order valence-corrected chi connectivity index (χ1v) is 11.6. The van der Waals surface area contributed by atoms with Crippen LogP contribution in [0.15, 0.2) is 65.7 Å². The van der Waals surface area contributed by atoms with Gasteiger partial charge in [0.05, 0.1) is 22.9 Å². The molecule has 0 atom stereocenters. The van der Waals surface area contributed by atoms with Crippen molar-refractivity contribution in [2.75, 3.05) is 6.26 Å². The topological polar surface area (TPSA) is 64.3 Å². The molecule has 0 aliphatic heterocycles. The van der Waals surface area contributed by atoms with Gasteiger partial charge >= 0.3 is 12.1 Å². The average molecular weight is 487 g/mol. The number of fused-ring (bicyclic) bond motifs is 1. The highest BCUT2D eigenvalue weighted by molar-refractivity contribution is 7.99. The van der Waals surface area contributed by atoms with Gasteiger partial charge in [0.15, 0.2) is 0 Å². The van der Waals surface area contributed by atoms with Crippen LogP contribution in [0.25, 0.3) is 27.8 Å². The van der Waals surface area contributed by atoms with E-state index in [1.165, 1.54) is 17.8 Å². The lowest BCUT2D eigenvalue weighted by Crippen LogP contribution is -2.08. The van der Waals surface area contributed by atoms with Crippen molar-refractivity contribution in [3.8, 4) is 22.7 Å². The Morgan fingerprint density at radius 2 is 1.79 bits per heavy atom. The van der Waals surface area contributed by atoms with Gasteiger partial charge in [-0.1, -0.05) is 6.07 Å². The predicted octanol–water partition coefficient (Wildman–Crippen LogP) is 6.92. The van der Waals surface area contributed by atoms with Gasteiger partial charge in [-0.05, 0) is 68.6 Å². The number of benzene rings is 2. The molecule has 0 spiro atoms. The summed E-state index contributed by atoms with van der Waals surface area (Å²) in [5.41, 5.74) is 1.55. The molecule has 2 aromatic heterocycles. The highest BCUT2D eigenvalue weighted by Gasteiger charge is 2.30. The second-order valence-electron chi connectivity index (χ2n) is 7.84. The fourth-order valence-corrected chi connectivity index (χ4v) is 4.52. The molecule has 0 saturated heterocycles. The van der Waals surface area contributed by atoms with Crippen LogP contribution in [0.5, 0.6) is 5.75 Å². The summed E-state index contributed by atoms with van der Waals surface area (Å²) in [7, 11) is 0. The van der Waals surface area contributed by atoms with E-state index in [0.717, 1.165) is 12.3 Å². The maximum Gasteiger partial charge on any atom is 0.417 e. The lowest BCUT2D eigenvalue weighted by Gasteiger charge is -2.12. The second kappa shape index (κ2) is 9.06. The number of pyridine rings is 1. The first-order valence-electron chi connectivity index (χ1n) is 10.4. The number of carboxylic acid groups (broad SMARTS) is 1. The van der Waals surface area contributed by atoms with Crippen molar-refractivity contribution >= 4 is 28.6 Å². The van der Waals surface area contributed by atoms with Crippen LogP contribution < -0.4 is 4.74 Å². The standard InChI is InChI=1S/C25H21F3N2O3S/c1-14(2)33-18-8-6-17(7-9-18)30-21-11-4-15(12-19(21)23(34-3)22(30)24(31)32)20-10-5-16(13-29-20)25(26,27)28/h4-14H,1-3H3,(H,31,32). The van der Waals surface area contributed by atoms with Gasteiger partial charge in [0.2, 0.25) is 0 Å². The number of carboxylic acids is 1. The van der Waals surface area contributed by atoms with Gasteiger partial charge in [-0.25, -0.2) is 4.79 Å². The van der Waals surface area contributed by atoms with Crippen LogP contribution in [0.2, 0.25) is 0 Å². The minimum atomic E-state index is -4.47. The van der Waals surface area contributed by atoms with Gasteiger partial charge in [0.25, 0.3) is 0 Å². The number of halogens is 3. The van der Waals surface area contributed by atoms with E-state index < -0.39 is 17.7 Å². The molecule has 0 amide bonds. The monoisotopic (exact) mass is 486 g/mol. The molecule has 0 saturated carbocycles. The number of hydrogen-bond donors (Lipinski definition) is 1.